The molecule has 33 heavy (non-hydrogen) atoms. The lowest BCUT2D eigenvalue weighted by Gasteiger charge is -2.26. The van der Waals surface area contributed by atoms with Gasteiger partial charge >= 0.3 is 0 Å². The summed E-state index contributed by atoms with van der Waals surface area (Å²) in [5.41, 5.74) is 2.73. The molecule has 1 amide bonds. The lowest BCUT2D eigenvalue weighted by atomic mass is 10.1. The van der Waals surface area contributed by atoms with E-state index in [1.807, 2.05) is 37.9 Å². The molecular formula is C24H33N3O5S. The first-order chi connectivity index (χ1) is 15.7. The number of nitrogens with zero attached hydrogens (tertiary/aromatic N) is 2. The van der Waals surface area contributed by atoms with Crippen molar-refractivity contribution in [1.29, 1.82) is 0 Å². The van der Waals surface area contributed by atoms with Crippen LogP contribution in [0.25, 0.3) is 0 Å². The molecule has 3 rings (SSSR count). The van der Waals surface area contributed by atoms with Gasteiger partial charge in [0.2, 0.25) is 15.9 Å². The standard InChI is InChI=1S/C24H33N3O5S/c1-18-14-19(2)16-22(15-18)32-13-8-26(4)20(3)24(28)25-21-6-5-7-23(17-21)33(29,30)27-9-11-31-12-10-27/h5-7,14-17,20H,8-13H2,1-4H3,(H,25,28)/t20-/m1/s1. The number of ether oxygens (including phenoxy) is 2. The Balaban J connectivity index is 1.56. The summed E-state index contributed by atoms with van der Waals surface area (Å²) in [6.07, 6.45) is 0. The predicted molar refractivity (Wildman–Crippen MR) is 128 cm³/mol. The zero-order valence-corrected chi connectivity index (χ0v) is 20.5. The molecule has 2 aromatic rings. The van der Waals surface area contributed by atoms with Gasteiger partial charge in [-0.3, -0.25) is 9.69 Å². The molecule has 8 nitrogen and oxygen atoms in total. The van der Waals surface area contributed by atoms with Gasteiger partial charge in [-0.25, -0.2) is 8.42 Å². The smallest absolute Gasteiger partial charge is 0.243 e. The van der Waals surface area contributed by atoms with E-state index < -0.39 is 16.1 Å². The van der Waals surface area contributed by atoms with Crippen LogP contribution in [0.1, 0.15) is 18.1 Å². The van der Waals surface area contributed by atoms with Gasteiger partial charge in [-0.2, -0.15) is 4.31 Å². The van der Waals surface area contributed by atoms with Gasteiger partial charge in [0, 0.05) is 25.3 Å². The number of rotatable bonds is 9. The normalized spacial score (nSPS) is 15.9. The first-order valence-electron chi connectivity index (χ1n) is 11.1. The third-order valence-electron chi connectivity index (χ3n) is 5.66. The van der Waals surface area contributed by atoms with Gasteiger partial charge in [-0.05, 0) is 69.3 Å². The second-order valence-electron chi connectivity index (χ2n) is 8.36. The van der Waals surface area contributed by atoms with E-state index in [9.17, 15) is 13.2 Å². The van der Waals surface area contributed by atoms with E-state index in [4.69, 9.17) is 9.47 Å². The third-order valence-corrected chi connectivity index (χ3v) is 7.55. The van der Waals surface area contributed by atoms with Crippen LogP contribution in [0.4, 0.5) is 5.69 Å². The second-order valence-corrected chi connectivity index (χ2v) is 10.3. The molecule has 1 aliphatic heterocycles. The summed E-state index contributed by atoms with van der Waals surface area (Å²) >= 11 is 0. The lowest BCUT2D eigenvalue weighted by molar-refractivity contribution is -0.120. The molecule has 0 aliphatic carbocycles. The highest BCUT2D eigenvalue weighted by Gasteiger charge is 2.27. The number of hydrogen-bond donors (Lipinski definition) is 1. The van der Waals surface area contributed by atoms with Crippen molar-refractivity contribution < 1.29 is 22.7 Å². The van der Waals surface area contributed by atoms with Gasteiger partial charge in [0.1, 0.15) is 12.4 Å². The number of carbonyl (C=O) groups is 1. The van der Waals surface area contributed by atoms with Gasteiger partial charge in [0.25, 0.3) is 0 Å². The number of benzene rings is 2. The molecule has 1 atom stereocenters. The van der Waals surface area contributed by atoms with Crippen LogP contribution in [0.3, 0.4) is 0 Å². The summed E-state index contributed by atoms with van der Waals surface area (Å²) in [5.74, 6) is 0.598. The topological polar surface area (TPSA) is 88.2 Å². The van der Waals surface area contributed by atoms with Crippen LogP contribution >= 0.6 is 0 Å². The van der Waals surface area contributed by atoms with Crippen LogP contribution in [-0.2, 0) is 19.6 Å². The van der Waals surface area contributed by atoms with Crippen molar-refractivity contribution in [2.45, 2.75) is 31.7 Å². The van der Waals surface area contributed by atoms with Crippen LogP contribution in [-0.4, -0.2) is 76.1 Å². The summed E-state index contributed by atoms with van der Waals surface area (Å²) < 4.78 is 38.3. The molecule has 1 saturated heterocycles. The van der Waals surface area contributed by atoms with Crippen LogP contribution in [0, 0.1) is 13.8 Å². The minimum atomic E-state index is -3.63. The number of sulfonamides is 1. The first kappa shape index (κ1) is 25.2. The summed E-state index contributed by atoms with van der Waals surface area (Å²) in [6.45, 7) is 8.28. The van der Waals surface area contributed by atoms with Crippen LogP contribution in [0.5, 0.6) is 5.75 Å². The third kappa shape index (κ3) is 6.77. The van der Waals surface area contributed by atoms with Crippen LogP contribution < -0.4 is 10.1 Å². The SMILES string of the molecule is Cc1cc(C)cc(OCCN(C)[C@H](C)C(=O)Nc2cccc(S(=O)(=O)N3CCOCC3)c2)c1. The van der Waals surface area contributed by atoms with Crippen molar-refractivity contribution in [1.82, 2.24) is 9.21 Å². The Kier molecular flexibility index (Phi) is 8.47. The van der Waals surface area contributed by atoms with E-state index in [2.05, 4.69) is 11.4 Å². The number of amides is 1. The number of anilines is 1. The summed E-state index contributed by atoms with van der Waals surface area (Å²) in [7, 11) is -1.77. The average Bonchev–Trinajstić information content (AvgIpc) is 2.78. The Bertz CT molecular complexity index is 1050. The highest BCUT2D eigenvalue weighted by molar-refractivity contribution is 7.89. The van der Waals surface area contributed by atoms with Gasteiger partial charge in [0.05, 0.1) is 24.2 Å². The van der Waals surface area contributed by atoms with E-state index in [1.54, 1.807) is 25.1 Å². The molecule has 1 fully saturated rings. The molecule has 1 aliphatic rings. The fraction of sp³-hybridized carbons (Fsp3) is 0.458. The monoisotopic (exact) mass is 475 g/mol. The zero-order chi connectivity index (χ0) is 24.0. The largest absolute Gasteiger partial charge is 0.492 e. The molecule has 1 N–H and O–H groups in total. The predicted octanol–water partition coefficient (Wildman–Crippen LogP) is 2.66. The summed E-state index contributed by atoms with van der Waals surface area (Å²) in [5, 5.41) is 2.83. The fourth-order valence-electron chi connectivity index (χ4n) is 3.63. The summed E-state index contributed by atoms with van der Waals surface area (Å²) in [6, 6.07) is 12.0. The minimum Gasteiger partial charge on any atom is -0.492 e. The quantitative estimate of drug-likeness (QED) is 0.600. The maximum atomic E-state index is 12.9. The Labute approximate surface area is 196 Å². The number of likely N-dealkylation sites (N-methyl/N-ethyl adjacent to an activating group) is 1. The molecule has 1 heterocycles. The van der Waals surface area contributed by atoms with E-state index in [0.29, 0.717) is 45.1 Å². The molecule has 0 radical (unpaired) electrons. The average molecular weight is 476 g/mol. The van der Waals surface area contributed by atoms with Crippen molar-refractivity contribution in [2.75, 3.05) is 51.8 Å². The fourth-order valence-corrected chi connectivity index (χ4v) is 5.09. The van der Waals surface area contributed by atoms with Gasteiger partial charge in [-0.1, -0.05) is 12.1 Å². The van der Waals surface area contributed by atoms with Crippen LogP contribution in [0.2, 0.25) is 0 Å². The number of hydrogen-bond acceptors (Lipinski definition) is 6. The lowest BCUT2D eigenvalue weighted by Crippen LogP contribution is -2.41. The van der Waals surface area contributed by atoms with Crippen molar-refractivity contribution in [3.8, 4) is 5.75 Å². The number of morpholine rings is 1. The van der Waals surface area contributed by atoms with Gasteiger partial charge in [-0.15, -0.1) is 0 Å². The van der Waals surface area contributed by atoms with Crippen molar-refractivity contribution in [3.05, 3.63) is 53.6 Å². The molecule has 180 valence electrons. The van der Waals surface area contributed by atoms with E-state index in [1.165, 1.54) is 10.4 Å². The Morgan fingerprint density at radius 1 is 1.15 bits per heavy atom. The number of carbonyl (C=O) groups excluding carboxylic acids is 1. The second kappa shape index (κ2) is 11.1. The first-order valence-corrected chi connectivity index (χ1v) is 12.5. The van der Waals surface area contributed by atoms with E-state index in [-0.39, 0.29) is 10.8 Å². The van der Waals surface area contributed by atoms with Crippen molar-refractivity contribution in [3.63, 3.8) is 0 Å². The molecular weight excluding hydrogens is 442 g/mol. The van der Waals surface area contributed by atoms with Crippen molar-refractivity contribution >= 4 is 21.6 Å². The molecule has 9 heteroatoms. The maximum absolute atomic E-state index is 12.9. The Morgan fingerprint density at radius 2 is 1.82 bits per heavy atom. The Hall–Kier alpha value is -2.46. The number of aryl methyl sites for hydroxylation is 2. The minimum absolute atomic E-state index is 0.157. The van der Waals surface area contributed by atoms with Crippen molar-refractivity contribution in [2.24, 2.45) is 0 Å². The van der Waals surface area contributed by atoms with E-state index in [0.717, 1.165) is 16.9 Å². The van der Waals surface area contributed by atoms with Gasteiger partial charge < -0.3 is 14.8 Å². The van der Waals surface area contributed by atoms with Crippen LogP contribution in [0.15, 0.2) is 47.4 Å². The molecule has 0 saturated carbocycles. The molecule has 0 unspecified atom stereocenters. The Morgan fingerprint density at radius 3 is 2.48 bits per heavy atom. The molecule has 0 spiro atoms. The maximum Gasteiger partial charge on any atom is 0.243 e. The van der Waals surface area contributed by atoms with Gasteiger partial charge in [0.15, 0.2) is 0 Å². The number of nitrogens with one attached hydrogen (secondary N) is 1. The summed E-state index contributed by atoms with van der Waals surface area (Å²) in [4.78, 5) is 14.8. The van der Waals surface area contributed by atoms with E-state index >= 15 is 0 Å². The molecule has 2 aromatic carbocycles. The highest BCUT2D eigenvalue weighted by Crippen LogP contribution is 2.21. The molecule has 0 aromatic heterocycles. The molecule has 0 bridgehead atoms. The highest BCUT2D eigenvalue weighted by atomic mass is 32.2. The zero-order valence-electron chi connectivity index (χ0n) is 19.7.